The van der Waals surface area contributed by atoms with E-state index in [4.69, 9.17) is 4.74 Å². The van der Waals surface area contributed by atoms with Crippen LogP contribution in [-0.2, 0) is 6.54 Å². The number of hydrogen-bond acceptors (Lipinski definition) is 5. The fourth-order valence-corrected chi connectivity index (χ4v) is 1.67. The topological polar surface area (TPSA) is 87.3 Å². The Hall–Kier alpha value is -2.77. The number of benzene rings is 1. The van der Waals surface area contributed by atoms with Crippen LogP contribution < -0.4 is 4.74 Å². The van der Waals surface area contributed by atoms with E-state index in [2.05, 4.69) is 5.10 Å². The van der Waals surface area contributed by atoms with Gasteiger partial charge in [0.15, 0.2) is 5.78 Å². The van der Waals surface area contributed by atoms with Crippen molar-refractivity contribution in [1.82, 2.24) is 9.78 Å². The normalized spacial score (nSPS) is 10.3. The molecule has 0 fully saturated rings. The van der Waals surface area contributed by atoms with Crippen molar-refractivity contribution >= 4 is 11.6 Å². The zero-order chi connectivity index (χ0) is 14.7. The van der Waals surface area contributed by atoms with E-state index in [1.54, 1.807) is 0 Å². The number of nitro groups is 1. The summed E-state index contributed by atoms with van der Waals surface area (Å²) in [6.07, 6.45) is 1.31. The van der Waals surface area contributed by atoms with Crippen LogP contribution in [-0.4, -0.2) is 27.6 Å². The van der Waals surface area contributed by atoms with Gasteiger partial charge in [0, 0.05) is 0 Å². The SMILES string of the molecule is COc1ccc(F)cc1C(=O)Cn1ccc([N+](=O)[O-])n1. The van der Waals surface area contributed by atoms with Crippen LogP contribution in [0.2, 0.25) is 0 Å². The third kappa shape index (κ3) is 2.79. The molecule has 0 N–H and O–H groups in total. The van der Waals surface area contributed by atoms with Gasteiger partial charge in [0.05, 0.1) is 30.0 Å². The minimum Gasteiger partial charge on any atom is -0.496 e. The minimum atomic E-state index is -0.663. The summed E-state index contributed by atoms with van der Waals surface area (Å²) in [5.41, 5.74) is 0.0608. The van der Waals surface area contributed by atoms with Crippen LogP contribution in [0, 0.1) is 15.9 Å². The van der Waals surface area contributed by atoms with E-state index >= 15 is 0 Å². The number of Topliss-reactive ketones (excluding diaryl/α,β-unsaturated/α-hetero) is 1. The van der Waals surface area contributed by atoms with Gasteiger partial charge in [-0.2, -0.15) is 4.68 Å². The Morgan fingerprint density at radius 2 is 2.25 bits per heavy atom. The summed E-state index contributed by atoms with van der Waals surface area (Å²) in [4.78, 5) is 21.9. The quantitative estimate of drug-likeness (QED) is 0.473. The second-order valence-electron chi connectivity index (χ2n) is 3.90. The van der Waals surface area contributed by atoms with Gasteiger partial charge in [0.25, 0.3) is 0 Å². The van der Waals surface area contributed by atoms with Gasteiger partial charge in [0.2, 0.25) is 0 Å². The molecule has 1 aromatic heterocycles. The van der Waals surface area contributed by atoms with Crippen molar-refractivity contribution in [2.24, 2.45) is 0 Å². The maximum atomic E-state index is 13.2. The first-order chi connectivity index (χ1) is 9.51. The van der Waals surface area contributed by atoms with Crippen LogP contribution >= 0.6 is 0 Å². The lowest BCUT2D eigenvalue weighted by molar-refractivity contribution is -0.389. The number of carbonyl (C=O) groups excluding carboxylic acids is 1. The Balaban J connectivity index is 2.23. The minimum absolute atomic E-state index is 0.0608. The summed E-state index contributed by atoms with van der Waals surface area (Å²) in [5, 5.41) is 14.1. The van der Waals surface area contributed by atoms with Gasteiger partial charge in [-0.1, -0.05) is 0 Å². The van der Waals surface area contributed by atoms with E-state index in [-0.39, 0.29) is 23.7 Å². The second-order valence-corrected chi connectivity index (χ2v) is 3.90. The average Bonchev–Trinajstić information content (AvgIpc) is 2.87. The molecule has 0 amide bonds. The van der Waals surface area contributed by atoms with Crippen molar-refractivity contribution in [1.29, 1.82) is 0 Å². The molecule has 20 heavy (non-hydrogen) atoms. The van der Waals surface area contributed by atoms with Crippen LogP contribution in [0.4, 0.5) is 10.2 Å². The monoisotopic (exact) mass is 279 g/mol. The van der Waals surface area contributed by atoms with Crippen LogP contribution in [0.3, 0.4) is 0 Å². The molecule has 8 heteroatoms. The van der Waals surface area contributed by atoms with E-state index < -0.39 is 16.5 Å². The molecule has 0 aliphatic rings. The van der Waals surface area contributed by atoms with Crippen molar-refractivity contribution in [2.45, 2.75) is 6.54 Å². The highest BCUT2D eigenvalue weighted by Crippen LogP contribution is 2.20. The van der Waals surface area contributed by atoms with Crippen LogP contribution in [0.15, 0.2) is 30.5 Å². The van der Waals surface area contributed by atoms with Gasteiger partial charge in [-0.15, -0.1) is 0 Å². The van der Waals surface area contributed by atoms with E-state index in [1.807, 2.05) is 0 Å². The number of ether oxygens (including phenoxy) is 1. The largest absolute Gasteiger partial charge is 0.496 e. The molecular formula is C12H10FN3O4. The average molecular weight is 279 g/mol. The van der Waals surface area contributed by atoms with Crippen molar-refractivity contribution in [3.63, 3.8) is 0 Å². The first-order valence-corrected chi connectivity index (χ1v) is 5.56. The highest BCUT2D eigenvalue weighted by molar-refractivity contribution is 5.98. The Morgan fingerprint density at radius 1 is 1.50 bits per heavy atom. The zero-order valence-electron chi connectivity index (χ0n) is 10.4. The number of halogens is 1. The molecular weight excluding hydrogens is 269 g/mol. The van der Waals surface area contributed by atoms with E-state index in [9.17, 15) is 19.3 Å². The Morgan fingerprint density at radius 3 is 2.85 bits per heavy atom. The third-order valence-electron chi connectivity index (χ3n) is 2.58. The standard InChI is InChI=1S/C12H10FN3O4/c1-20-11-3-2-8(13)6-9(11)10(17)7-15-5-4-12(14-15)16(18)19/h2-6H,7H2,1H3. The molecule has 0 aliphatic heterocycles. The molecule has 1 heterocycles. The third-order valence-corrected chi connectivity index (χ3v) is 2.58. The zero-order valence-corrected chi connectivity index (χ0v) is 10.4. The molecule has 2 aromatic rings. The smallest absolute Gasteiger partial charge is 0.389 e. The molecule has 0 unspecified atom stereocenters. The van der Waals surface area contributed by atoms with Gasteiger partial charge >= 0.3 is 5.82 Å². The van der Waals surface area contributed by atoms with Crippen LogP contribution in [0.1, 0.15) is 10.4 Å². The molecule has 1 aromatic carbocycles. The number of methoxy groups -OCH3 is 1. The van der Waals surface area contributed by atoms with Crippen molar-refractivity contribution in [3.8, 4) is 5.75 Å². The van der Waals surface area contributed by atoms with E-state index in [1.165, 1.54) is 31.5 Å². The van der Waals surface area contributed by atoms with Gasteiger partial charge in [-0.3, -0.25) is 4.79 Å². The second kappa shape index (κ2) is 5.47. The van der Waals surface area contributed by atoms with Crippen LogP contribution in [0.5, 0.6) is 5.75 Å². The number of rotatable bonds is 5. The fourth-order valence-electron chi connectivity index (χ4n) is 1.67. The number of nitrogens with zero attached hydrogens (tertiary/aromatic N) is 3. The lowest BCUT2D eigenvalue weighted by Gasteiger charge is -2.06. The molecule has 0 aliphatic carbocycles. The summed E-state index contributed by atoms with van der Waals surface area (Å²) in [6.45, 7) is -0.242. The first kappa shape index (κ1) is 13.7. The van der Waals surface area contributed by atoms with Crippen molar-refractivity contribution < 1.29 is 18.8 Å². The molecule has 0 radical (unpaired) electrons. The van der Waals surface area contributed by atoms with Gasteiger partial charge in [-0.25, -0.2) is 4.39 Å². The summed E-state index contributed by atoms with van der Waals surface area (Å²) in [6, 6.07) is 4.75. The maximum absolute atomic E-state index is 13.2. The van der Waals surface area contributed by atoms with Crippen molar-refractivity contribution in [2.75, 3.05) is 7.11 Å². The molecule has 0 saturated carbocycles. The molecule has 0 atom stereocenters. The highest BCUT2D eigenvalue weighted by atomic mass is 19.1. The van der Waals surface area contributed by atoms with Gasteiger partial charge < -0.3 is 14.9 Å². The predicted molar refractivity (Wildman–Crippen MR) is 66.2 cm³/mol. The predicted octanol–water partition coefficient (Wildman–Crippen LogP) is 1.82. The molecule has 0 spiro atoms. The Kier molecular flexibility index (Phi) is 3.74. The summed E-state index contributed by atoms with van der Waals surface area (Å²) < 4.78 is 19.3. The lowest BCUT2D eigenvalue weighted by atomic mass is 10.1. The molecule has 2 rings (SSSR count). The summed E-state index contributed by atoms with van der Waals surface area (Å²) in [7, 11) is 1.36. The van der Waals surface area contributed by atoms with E-state index in [0.29, 0.717) is 0 Å². The first-order valence-electron chi connectivity index (χ1n) is 5.56. The Labute approximate surface area is 112 Å². The number of aromatic nitrogens is 2. The Bertz CT molecular complexity index is 668. The number of ketones is 1. The lowest BCUT2D eigenvalue weighted by Crippen LogP contribution is -2.12. The fraction of sp³-hybridized carbons (Fsp3) is 0.167. The molecule has 7 nitrogen and oxygen atoms in total. The highest BCUT2D eigenvalue weighted by Gasteiger charge is 2.17. The van der Waals surface area contributed by atoms with Crippen LogP contribution in [0.25, 0.3) is 0 Å². The van der Waals surface area contributed by atoms with Crippen molar-refractivity contribution in [3.05, 3.63) is 52.0 Å². The number of carbonyl (C=O) groups is 1. The summed E-state index contributed by atoms with van der Waals surface area (Å²) >= 11 is 0. The molecule has 0 bridgehead atoms. The molecule has 0 saturated heterocycles. The van der Waals surface area contributed by atoms with Gasteiger partial charge in [-0.05, 0) is 23.1 Å². The van der Waals surface area contributed by atoms with E-state index in [0.717, 1.165) is 10.7 Å². The number of hydrogen-bond donors (Lipinski definition) is 0. The summed E-state index contributed by atoms with van der Waals surface area (Å²) in [5.74, 6) is -1.15. The molecule has 104 valence electrons. The maximum Gasteiger partial charge on any atom is 0.389 e. The van der Waals surface area contributed by atoms with Gasteiger partial charge in [0.1, 0.15) is 18.1 Å².